The lowest BCUT2D eigenvalue weighted by molar-refractivity contribution is -0.384. The van der Waals surface area contributed by atoms with E-state index in [2.05, 4.69) is 10.00 Å². The standard InChI is InChI=1S/C20H25N5O4/c1-22-13-16(12-21-22)10-15-4-5-24(14-15)18-3-2-17(11-19(18)25(27)28)20(26)23-6-8-29-9-7-23/h2-3,11-13,15H,4-10,14H2,1H3. The van der Waals surface area contributed by atoms with Crippen LogP contribution in [-0.2, 0) is 18.2 Å². The van der Waals surface area contributed by atoms with Crippen LogP contribution in [0.25, 0.3) is 0 Å². The molecule has 0 saturated carbocycles. The lowest BCUT2D eigenvalue weighted by atomic mass is 10.0. The minimum atomic E-state index is -0.389. The minimum absolute atomic E-state index is 0.00821. The Morgan fingerprint density at radius 2 is 2.10 bits per heavy atom. The van der Waals surface area contributed by atoms with Gasteiger partial charge in [0, 0.05) is 51.1 Å². The van der Waals surface area contributed by atoms with E-state index in [1.165, 1.54) is 11.6 Å². The smallest absolute Gasteiger partial charge is 0.293 e. The molecule has 1 unspecified atom stereocenters. The SMILES string of the molecule is Cn1cc(CC2CCN(c3ccc(C(=O)N4CCOCC4)cc3[N+](=O)[O-])C2)cn1. The fourth-order valence-electron chi connectivity index (χ4n) is 4.15. The first-order valence-corrected chi connectivity index (χ1v) is 9.89. The Bertz CT molecular complexity index is 906. The molecular formula is C20H25N5O4. The molecule has 29 heavy (non-hydrogen) atoms. The van der Waals surface area contributed by atoms with Gasteiger partial charge < -0.3 is 14.5 Å². The van der Waals surface area contributed by atoms with Crippen LogP contribution in [-0.4, -0.2) is 64.9 Å². The molecule has 4 rings (SSSR count). The van der Waals surface area contributed by atoms with Gasteiger partial charge in [-0.05, 0) is 36.5 Å². The second kappa shape index (κ2) is 8.20. The maximum atomic E-state index is 12.7. The Balaban J connectivity index is 1.49. The zero-order valence-electron chi connectivity index (χ0n) is 16.5. The Morgan fingerprint density at radius 3 is 2.79 bits per heavy atom. The number of rotatable bonds is 5. The molecule has 154 valence electrons. The number of amides is 1. The maximum absolute atomic E-state index is 12.7. The summed E-state index contributed by atoms with van der Waals surface area (Å²) in [7, 11) is 1.90. The Hall–Kier alpha value is -2.94. The molecule has 2 saturated heterocycles. The fourth-order valence-corrected chi connectivity index (χ4v) is 4.15. The van der Waals surface area contributed by atoms with Gasteiger partial charge in [0.15, 0.2) is 0 Å². The third kappa shape index (κ3) is 4.24. The van der Waals surface area contributed by atoms with E-state index in [9.17, 15) is 14.9 Å². The third-order valence-corrected chi connectivity index (χ3v) is 5.63. The van der Waals surface area contributed by atoms with Crippen molar-refractivity contribution >= 4 is 17.3 Å². The summed E-state index contributed by atoms with van der Waals surface area (Å²) in [6, 6.07) is 4.84. The zero-order valence-corrected chi connectivity index (χ0v) is 16.5. The van der Waals surface area contributed by atoms with Crippen LogP contribution in [0.5, 0.6) is 0 Å². The number of benzene rings is 1. The van der Waals surface area contributed by atoms with Crippen LogP contribution in [0.3, 0.4) is 0 Å². The number of carbonyl (C=O) groups is 1. The first-order chi connectivity index (χ1) is 14.0. The van der Waals surface area contributed by atoms with Gasteiger partial charge in [-0.3, -0.25) is 19.6 Å². The quantitative estimate of drug-likeness (QED) is 0.563. The number of carbonyl (C=O) groups excluding carboxylic acids is 1. The van der Waals surface area contributed by atoms with E-state index in [1.807, 2.05) is 19.4 Å². The fraction of sp³-hybridized carbons (Fsp3) is 0.500. The first kappa shape index (κ1) is 19.4. The van der Waals surface area contributed by atoms with E-state index < -0.39 is 0 Å². The number of nitrogens with zero attached hydrogens (tertiary/aromatic N) is 5. The van der Waals surface area contributed by atoms with E-state index in [-0.39, 0.29) is 16.5 Å². The molecular weight excluding hydrogens is 374 g/mol. The Labute approximate surface area is 169 Å². The van der Waals surface area contributed by atoms with Gasteiger partial charge >= 0.3 is 0 Å². The summed E-state index contributed by atoms with van der Waals surface area (Å²) in [6.45, 7) is 3.54. The summed E-state index contributed by atoms with van der Waals surface area (Å²) in [6.07, 6.45) is 5.76. The van der Waals surface area contributed by atoms with Crippen molar-refractivity contribution in [1.29, 1.82) is 0 Å². The molecule has 0 aliphatic carbocycles. The summed E-state index contributed by atoms with van der Waals surface area (Å²) in [4.78, 5) is 27.8. The van der Waals surface area contributed by atoms with Gasteiger partial charge in [-0.1, -0.05) is 0 Å². The van der Waals surface area contributed by atoms with Crippen molar-refractivity contribution in [2.24, 2.45) is 13.0 Å². The highest BCUT2D eigenvalue weighted by molar-refractivity contribution is 5.96. The Kier molecular flexibility index (Phi) is 5.48. The molecule has 2 aliphatic rings. The van der Waals surface area contributed by atoms with E-state index in [1.54, 1.807) is 21.7 Å². The van der Waals surface area contributed by atoms with Gasteiger partial charge in [0.05, 0.1) is 24.3 Å². The molecule has 2 aromatic rings. The van der Waals surface area contributed by atoms with Crippen LogP contribution >= 0.6 is 0 Å². The molecule has 3 heterocycles. The predicted octanol–water partition coefficient (Wildman–Crippen LogP) is 1.87. The van der Waals surface area contributed by atoms with E-state index in [4.69, 9.17) is 4.74 Å². The highest BCUT2D eigenvalue weighted by Crippen LogP contribution is 2.34. The van der Waals surface area contributed by atoms with Crippen LogP contribution in [0, 0.1) is 16.0 Å². The molecule has 2 fully saturated rings. The van der Waals surface area contributed by atoms with Crippen molar-refractivity contribution in [3.63, 3.8) is 0 Å². The zero-order chi connectivity index (χ0) is 20.4. The highest BCUT2D eigenvalue weighted by atomic mass is 16.6. The van der Waals surface area contributed by atoms with Gasteiger partial charge in [-0.15, -0.1) is 0 Å². The second-order valence-electron chi connectivity index (χ2n) is 7.69. The van der Waals surface area contributed by atoms with Crippen molar-refractivity contribution in [2.75, 3.05) is 44.3 Å². The highest BCUT2D eigenvalue weighted by Gasteiger charge is 2.29. The van der Waals surface area contributed by atoms with Gasteiger partial charge in [0.2, 0.25) is 0 Å². The Morgan fingerprint density at radius 1 is 1.31 bits per heavy atom. The average Bonchev–Trinajstić information content (AvgIpc) is 3.36. The van der Waals surface area contributed by atoms with Crippen LogP contribution in [0.15, 0.2) is 30.6 Å². The molecule has 1 aromatic carbocycles. The van der Waals surface area contributed by atoms with Gasteiger partial charge in [0.25, 0.3) is 11.6 Å². The minimum Gasteiger partial charge on any atom is -0.378 e. The molecule has 0 radical (unpaired) electrons. The second-order valence-corrected chi connectivity index (χ2v) is 7.69. The molecule has 2 aliphatic heterocycles. The molecule has 9 nitrogen and oxygen atoms in total. The normalized spacial score (nSPS) is 19.6. The number of nitro groups is 1. The van der Waals surface area contributed by atoms with E-state index in [0.717, 1.165) is 25.9 Å². The number of hydrogen-bond donors (Lipinski definition) is 0. The summed E-state index contributed by atoms with van der Waals surface area (Å²) >= 11 is 0. The van der Waals surface area contributed by atoms with Crippen molar-refractivity contribution in [2.45, 2.75) is 12.8 Å². The number of aryl methyl sites for hydroxylation is 1. The molecule has 0 spiro atoms. The van der Waals surface area contributed by atoms with Crippen LogP contribution in [0.2, 0.25) is 0 Å². The van der Waals surface area contributed by atoms with E-state index >= 15 is 0 Å². The van der Waals surface area contributed by atoms with Crippen LogP contribution < -0.4 is 4.90 Å². The summed E-state index contributed by atoms with van der Waals surface area (Å²) in [5.74, 6) is 0.243. The van der Waals surface area contributed by atoms with E-state index in [0.29, 0.717) is 43.5 Å². The topological polar surface area (TPSA) is 93.7 Å². The lowest BCUT2D eigenvalue weighted by Crippen LogP contribution is -2.40. The molecule has 0 N–H and O–H groups in total. The third-order valence-electron chi connectivity index (χ3n) is 5.63. The van der Waals surface area contributed by atoms with Crippen molar-refractivity contribution in [3.05, 3.63) is 51.8 Å². The number of nitro benzene ring substituents is 1. The van der Waals surface area contributed by atoms with Gasteiger partial charge in [0.1, 0.15) is 5.69 Å². The summed E-state index contributed by atoms with van der Waals surface area (Å²) < 4.78 is 7.06. The van der Waals surface area contributed by atoms with Crippen LogP contribution in [0.1, 0.15) is 22.3 Å². The van der Waals surface area contributed by atoms with Gasteiger partial charge in [-0.25, -0.2) is 0 Å². The summed E-state index contributed by atoms with van der Waals surface area (Å²) in [5.41, 5.74) is 2.11. The van der Waals surface area contributed by atoms with Crippen molar-refractivity contribution in [1.82, 2.24) is 14.7 Å². The molecule has 9 heteroatoms. The van der Waals surface area contributed by atoms with Gasteiger partial charge in [-0.2, -0.15) is 5.10 Å². The van der Waals surface area contributed by atoms with Crippen molar-refractivity contribution < 1.29 is 14.5 Å². The number of anilines is 1. The predicted molar refractivity (Wildman–Crippen MR) is 107 cm³/mol. The monoisotopic (exact) mass is 399 g/mol. The number of aromatic nitrogens is 2. The molecule has 1 atom stereocenters. The molecule has 1 amide bonds. The largest absolute Gasteiger partial charge is 0.378 e. The number of morpholine rings is 1. The maximum Gasteiger partial charge on any atom is 0.293 e. The van der Waals surface area contributed by atoms with Crippen molar-refractivity contribution in [3.8, 4) is 0 Å². The molecule has 1 aromatic heterocycles. The lowest BCUT2D eigenvalue weighted by Gasteiger charge is -2.27. The number of hydrogen-bond acceptors (Lipinski definition) is 6. The number of ether oxygens (including phenoxy) is 1. The average molecular weight is 399 g/mol. The van der Waals surface area contributed by atoms with Crippen LogP contribution in [0.4, 0.5) is 11.4 Å². The molecule has 0 bridgehead atoms. The first-order valence-electron chi connectivity index (χ1n) is 9.89. The summed E-state index contributed by atoms with van der Waals surface area (Å²) in [5, 5.41) is 15.9.